The van der Waals surface area contributed by atoms with Gasteiger partial charge >= 0.3 is 0 Å². The van der Waals surface area contributed by atoms with Gasteiger partial charge in [0.2, 0.25) is 0 Å². The molecule has 1 saturated heterocycles. The molecule has 1 heteroatoms. The van der Waals surface area contributed by atoms with Crippen LogP contribution in [0.1, 0.15) is 33.1 Å². The lowest BCUT2D eigenvalue weighted by Gasteiger charge is -2.11. The highest BCUT2D eigenvalue weighted by Crippen LogP contribution is 2.19. The topological polar surface area (TPSA) is 3.24 Å². The summed E-state index contributed by atoms with van der Waals surface area (Å²) in [5.74, 6) is 1.02. The average molecular weight is 141 g/mol. The first-order valence-electron chi connectivity index (χ1n) is 4.59. The molecule has 0 spiro atoms. The van der Waals surface area contributed by atoms with Crippen molar-refractivity contribution in [1.29, 1.82) is 0 Å². The predicted molar refractivity (Wildman–Crippen MR) is 45.1 cm³/mol. The molecule has 1 atom stereocenters. The quantitative estimate of drug-likeness (QED) is 0.582. The Morgan fingerprint density at radius 3 is 2.70 bits per heavy atom. The van der Waals surface area contributed by atoms with Crippen LogP contribution < -0.4 is 0 Å². The van der Waals surface area contributed by atoms with Crippen molar-refractivity contribution < 1.29 is 0 Å². The van der Waals surface area contributed by atoms with E-state index in [0.717, 1.165) is 5.92 Å². The summed E-state index contributed by atoms with van der Waals surface area (Å²) in [5.41, 5.74) is 0. The largest absolute Gasteiger partial charge is 0.303 e. The third kappa shape index (κ3) is 1.98. The maximum absolute atomic E-state index is 2.56. The molecule has 0 aromatic heterocycles. The monoisotopic (exact) mass is 141 g/mol. The van der Waals surface area contributed by atoms with Crippen LogP contribution in [-0.4, -0.2) is 24.5 Å². The summed E-state index contributed by atoms with van der Waals surface area (Å²) in [6, 6.07) is 0. The lowest BCUT2D eigenvalue weighted by molar-refractivity contribution is 0.337. The molecule has 1 rings (SSSR count). The van der Waals surface area contributed by atoms with E-state index in [4.69, 9.17) is 0 Å². The van der Waals surface area contributed by atoms with Crippen molar-refractivity contribution >= 4 is 0 Å². The van der Waals surface area contributed by atoms with Crippen LogP contribution >= 0.6 is 0 Å². The average Bonchev–Trinajstić information content (AvgIpc) is 2.37. The molecule has 10 heavy (non-hydrogen) atoms. The Kier molecular flexibility index (Phi) is 3.20. The van der Waals surface area contributed by atoms with Gasteiger partial charge in [-0.2, -0.15) is 0 Å². The van der Waals surface area contributed by atoms with Crippen molar-refractivity contribution in [3.8, 4) is 0 Å². The van der Waals surface area contributed by atoms with Crippen LogP contribution in [0.4, 0.5) is 0 Å². The minimum absolute atomic E-state index is 1.02. The molecule has 60 valence electrons. The first-order chi connectivity index (χ1) is 4.86. The maximum atomic E-state index is 2.56. The second-order valence-corrected chi connectivity index (χ2v) is 3.34. The SMILES string of the molecule is CCCC1CCN(CC)C1. The Morgan fingerprint density at radius 2 is 2.20 bits per heavy atom. The molecule has 0 amide bonds. The molecule has 0 radical (unpaired) electrons. The highest BCUT2D eigenvalue weighted by molar-refractivity contribution is 4.73. The third-order valence-corrected chi connectivity index (χ3v) is 2.51. The maximum Gasteiger partial charge on any atom is 0.00100 e. The van der Waals surface area contributed by atoms with Crippen molar-refractivity contribution in [2.75, 3.05) is 19.6 Å². The lowest BCUT2D eigenvalue weighted by atomic mass is 10.0. The Labute approximate surface area is 64.4 Å². The summed E-state index contributed by atoms with van der Waals surface area (Å²) in [6.07, 6.45) is 4.25. The van der Waals surface area contributed by atoms with Crippen LogP contribution in [0.25, 0.3) is 0 Å². The zero-order valence-corrected chi connectivity index (χ0v) is 7.27. The van der Waals surface area contributed by atoms with Gasteiger partial charge < -0.3 is 4.90 Å². The van der Waals surface area contributed by atoms with Gasteiger partial charge in [-0.1, -0.05) is 20.3 Å². The van der Waals surface area contributed by atoms with E-state index in [2.05, 4.69) is 18.7 Å². The van der Waals surface area contributed by atoms with Crippen molar-refractivity contribution in [2.24, 2.45) is 5.92 Å². The van der Waals surface area contributed by atoms with Crippen molar-refractivity contribution in [2.45, 2.75) is 33.1 Å². The fourth-order valence-corrected chi connectivity index (χ4v) is 1.84. The highest BCUT2D eigenvalue weighted by Gasteiger charge is 2.19. The van der Waals surface area contributed by atoms with E-state index in [0.29, 0.717) is 0 Å². The standard InChI is InChI=1S/C9H19N/c1-3-5-9-6-7-10(4-2)8-9/h9H,3-8H2,1-2H3. The Balaban J connectivity index is 2.15. The molecule has 1 nitrogen and oxygen atoms in total. The fraction of sp³-hybridized carbons (Fsp3) is 1.00. The zero-order chi connectivity index (χ0) is 7.40. The summed E-state index contributed by atoms with van der Waals surface area (Å²) in [6.45, 7) is 8.51. The van der Waals surface area contributed by atoms with E-state index in [-0.39, 0.29) is 0 Å². The molecule has 0 bridgehead atoms. The van der Waals surface area contributed by atoms with Gasteiger partial charge in [0, 0.05) is 6.54 Å². The van der Waals surface area contributed by atoms with E-state index in [1.165, 1.54) is 38.9 Å². The van der Waals surface area contributed by atoms with E-state index >= 15 is 0 Å². The molecular formula is C9H19N. The summed E-state index contributed by atoms with van der Waals surface area (Å²) < 4.78 is 0. The van der Waals surface area contributed by atoms with Crippen LogP contribution in [0.3, 0.4) is 0 Å². The summed E-state index contributed by atoms with van der Waals surface area (Å²) in [7, 11) is 0. The summed E-state index contributed by atoms with van der Waals surface area (Å²) in [4.78, 5) is 2.56. The Hall–Kier alpha value is -0.0400. The van der Waals surface area contributed by atoms with Crippen molar-refractivity contribution in [3.63, 3.8) is 0 Å². The van der Waals surface area contributed by atoms with Crippen LogP contribution in [0.2, 0.25) is 0 Å². The van der Waals surface area contributed by atoms with Crippen LogP contribution in [0.5, 0.6) is 0 Å². The molecular weight excluding hydrogens is 122 g/mol. The smallest absolute Gasteiger partial charge is 0.00100 e. The molecule has 1 unspecified atom stereocenters. The molecule has 0 aromatic carbocycles. The Bertz CT molecular complexity index is 90.7. The van der Waals surface area contributed by atoms with Gasteiger partial charge in [-0.3, -0.25) is 0 Å². The molecule has 0 N–H and O–H groups in total. The second kappa shape index (κ2) is 3.97. The van der Waals surface area contributed by atoms with Crippen molar-refractivity contribution in [3.05, 3.63) is 0 Å². The molecule has 1 fully saturated rings. The van der Waals surface area contributed by atoms with Gasteiger partial charge in [-0.05, 0) is 31.8 Å². The summed E-state index contributed by atoms with van der Waals surface area (Å²) >= 11 is 0. The normalized spacial score (nSPS) is 27.6. The van der Waals surface area contributed by atoms with E-state index in [1.54, 1.807) is 0 Å². The number of hydrogen-bond donors (Lipinski definition) is 0. The fourth-order valence-electron chi connectivity index (χ4n) is 1.84. The number of rotatable bonds is 3. The molecule has 0 aliphatic carbocycles. The van der Waals surface area contributed by atoms with Crippen LogP contribution in [0.15, 0.2) is 0 Å². The molecule has 0 aromatic rings. The molecule has 1 heterocycles. The Morgan fingerprint density at radius 1 is 1.40 bits per heavy atom. The summed E-state index contributed by atoms with van der Waals surface area (Å²) in [5, 5.41) is 0. The number of nitrogens with zero attached hydrogens (tertiary/aromatic N) is 1. The van der Waals surface area contributed by atoms with E-state index in [9.17, 15) is 0 Å². The second-order valence-electron chi connectivity index (χ2n) is 3.34. The molecule has 1 aliphatic heterocycles. The van der Waals surface area contributed by atoms with Gasteiger partial charge in [0.1, 0.15) is 0 Å². The number of likely N-dealkylation sites (tertiary alicyclic amines) is 1. The van der Waals surface area contributed by atoms with Gasteiger partial charge in [0.15, 0.2) is 0 Å². The third-order valence-electron chi connectivity index (χ3n) is 2.51. The first kappa shape index (κ1) is 8.06. The highest BCUT2D eigenvalue weighted by atomic mass is 15.1. The van der Waals surface area contributed by atoms with Gasteiger partial charge in [-0.25, -0.2) is 0 Å². The van der Waals surface area contributed by atoms with Gasteiger partial charge in [0.05, 0.1) is 0 Å². The van der Waals surface area contributed by atoms with Crippen molar-refractivity contribution in [1.82, 2.24) is 4.90 Å². The van der Waals surface area contributed by atoms with Crippen LogP contribution in [-0.2, 0) is 0 Å². The van der Waals surface area contributed by atoms with E-state index < -0.39 is 0 Å². The molecule has 0 saturated carbocycles. The number of hydrogen-bond acceptors (Lipinski definition) is 1. The minimum Gasteiger partial charge on any atom is -0.303 e. The zero-order valence-electron chi connectivity index (χ0n) is 7.27. The van der Waals surface area contributed by atoms with Crippen LogP contribution in [0, 0.1) is 5.92 Å². The first-order valence-corrected chi connectivity index (χ1v) is 4.59. The lowest BCUT2D eigenvalue weighted by Crippen LogP contribution is -2.19. The minimum atomic E-state index is 1.02. The van der Waals surface area contributed by atoms with Gasteiger partial charge in [0.25, 0.3) is 0 Å². The van der Waals surface area contributed by atoms with Gasteiger partial charge in [-0.15, -0.1) is 0 Å². The molecule has 1 aliphatic rings. The van der Waals surface area contributed by atoms with E-state index in [1.807, 2.05) is 0 Å². The predicted octanol–water partition coefficient (Wildman–Crippen LogP) is 2.13.